The summed E-state index contributed by atoms with van der Waals surface area (Å²) in [6.07, 6.45) is 6.99. The summed E-state index contributed by atoms with van der Waals surface area (Å²) in [4.78, 5) is 21.3. The predicted molar refractivity (Wildman–Crippen MR) is 68.1 cm³/mol. The molecule has 1 amide bonds. The van der Waals surface area contributed by atoms with Gasteiger partial charge in [0.15, 0.2) is 0 Å². The van der Waals surface area contributed by atoms with Gasteiger partial charge in [-0.3, -0.25) is 4.79 Å². The van der Waals surface area contributed by atoms with Crippen LogP contribution in [-0.2, 0) is 22.4 Å². The highest BCUT2D eigenvalue weighted by atomic mass is 16.4. The molecule has 0 fully saturated rings. The third-order valence-corrected chi connectivity index (χ3v) is 3.10. The SMILES string of the molecule is O=CN[C@@H](Cc1ccc2c(c1)C=CCC2)C(=O)O. The summed E-state index contributed by atoms with van der Waals surface area (Å²) in [5.41, 5.74) is 3.35. The van der Waals surface area contributed by atoms with Crippen LogP contribution in [0.25, 0.3) is 6.08 Å². The van der Waals surface area contributed by atoms with Crippen LogP contribution < -0.4 is 5.32 Å². The van der Waals surface area contributed by atoms with E-state index in [1.54, 1.807) is 0 Å². The Balaban J connectivity index is 2.16. The number of hydrogen-bond acceptors (Lipinski definition) is 2. The molecule has 0 saturated heterocycles. The topological polar surface area (TPSA) is 66.4 Å². The molecule has 0 aliphatic heterocycles. The van der Waals surface area contributed by atoms with E-state index in [2.05, 4.69) is 17.5 Å². The number of amides is 1. The minimum Gasteiger partial charge on any atom is -0.480 e. The Morgan fingerprint density at radius 1 is 1.50 bits per heavy atom. The van der Waals surface area contributed by atoms with E-state index < -0.39 is 12.0 Å². The van der Waals surface area contributed by atoms with Crippen LogP contribution >= 0.6 is 0 Å². The molecule has 4 heteroatoms. The summed E-state index contributed by atoms with van der Waals surface area (Å²) in [6.45, 7) is 0. The summed E-state index contributed by atoms with van der Waals surface area (Å²) in [5, 5.41) is 11.3. The highest BCUT2D eigenvalue weighted by Gasteiger charge is 2.17. The van der Waals surface area contributed by atoms with Gasteiger partial charge in [0.05, 0.1) is 0 Å². The molecule has 2 rings (SSSR count). The summed E-state index contributed by atoms with van der Waals surface area (Å²) in [7, 11) is 0. The van der Waals surface area contributed by atoms with E-state index in [0.717, 1.165) is 24.0 Å². The number of carboxylic acids is 1. The van der Waals surface area contributed by atoms with E-state index in [0.29, 0.717) is 12.8 Å². The molecule has 1 atom stereocenters. The smallest absolute Gasteiger partial charge is 0.326 e. The quantitative estimate of drug-likeness (QED) is 0.770. The number of nitrogens with one attached hydrogen (secondary N) is 1. The van der Waals surface area contributed by atoms with E-state index >= 15 is 0 Å². The Morgan fingerprint density at radius 2 is 2.33 bits per heavy atom. The van der Waals surface area contributed by atoms with Gasteiger partial charge in [-0.2, -0.15) is 0 Å². The molecule has 2 N–H and O–H groups in total. The monoisotopic (exact) mass is 245 g/mol. The lowest BCUT2D eigenvalue weighted by Crippen LogP contribution is -2.37. The second-order valence-electron chi connectivity index (χ2n) is 4.35. The van der Waals surface area contributed by atoms with Gasteiger partial charge in [0.1, 0.15) is 6.04 Å². The third-order valence-electron chi connectivity index (χ3n) is 3.10. The van der Waals surface area contributed by atoms with Crippen LogP contribution in [0.1, 0.15) is 23.1 Å². The number of fused-ring (bicyclic) bond motifs is 1. The number of carbonyl (C=O) groups excluding carboxylic acids is 1. The fraction of sp³-hybridized carbons (Fsp3) is 0.286. The first-order chi connectivity index (χ1) is 8.70. The number of carboxylic acid groups (broad SMARTS) is 1. The first-order valence-electron chi connectivity index (χ1n) is 5.91. The fourth-order valence-corrected chi connectivity index (χ4v) is 2.14. The second-order valence-corrected chi connectivity index (χ2v) is 4.35. The molecule has 0 aromatic heterocycles. The van der Waals surface area contributed by atoms with Crippen molar-refractivity contribution in [1.29, 1.82) is 0 Å². The minimum absolute atomic E-state index is 0.301. The standard InChI is InChI=1S/C14H15NO3/c16-9-15-13(14(17)18)8-10-5-6-11-3-1-2-4-12(11)7-10/h2,4-7,9,13H,1,3,8H2,(H,15,16)(H,17,18)/t13-/m0/s1. The summed E-state index contributed by atoms with van der Waals surface area (Å²) in [5.74, 6) is -1.02. The lowest BCUT2D eigenvalue weighted by Gasteiger charge is -2.14. The molecule has 1 aliphatic carbocycles. The maximum Gasteiger partial charge on any atom is 0.326 e. The van der Waals surface area contributed by atoms with Crippen molar-refractivity contribution >= 4 is 18.5 Å². The van der Waals surface area contributed by atoms with Crippen molar-refractivity contribution in [2.75, 3.05) is 0 Å². The number of rotatable bonds is 5. The normalized spacial score (nSPS) is 14.7. The van der Waals surface area contributed by atoms with Crippen LogP contribution in [0.4, 0.5) is 0 Å². The summed E-state index contributed by atoms with van der Waals surface area (Å²) in [6, 6.07) is 5.09. The fourth-order valence-electron chi connectivity index (χ4n) is 2.14. The number of aryl methyl sites for hydroxylation is 1. The average Bonchev–Trinajstić information content (AvgIpc) is 2.38. The van der Waals surface area contributed by atoms with Gasteiger partial charge in [-0.25, -0.2) is 4.79 Å². The van der Waals surface area contributed by atoms with Crippen LogP contribution in [0.3, 0.4) is 0 Å². The highest BCUT2D eigenvalue weighted by Crippen LogP contribution is 2.21. The summed E-state index contributed by atoms with van der Waals surface area (Å²) >= 11 is 0. The molecule has 0 spiro atoms. The van der Waals surface area contributed by atoms with Crippen molar-refractivity contribution in [3.63, 3.8) is 0 Å². The molecular weight excluding hydrogens is 230 g/mol. The van der Waals surface area contributed by atoms with Gasteiger partial charge in [0.25, 0.3) is 0 Å². The highest BCUT2D eigenvalue weighted by molar-refractivity contribution is 5.76. The van der Waals surface area contributed by atoms with E-state index in [4.69, 9.17) is 5.11 Å². The molecule has 0 saturated carbocycles. The first kappa shape index (κ1) is 12.4. The molecule has 0 heterocycles. The molecule has 1 aromatic rings. The number of carbonyl (C=O) groups is 2. The summed E-state index contributed by atoms with van der Waals surface area (Å²) < 4.78 is 0. The Hall–Kier alpha value is -2.10. The van der Waals surface area contributed by atoms with Crippen LogP contribution in [0.2, 0.25) is 0 Å². The minimum atomic E-state index is -1.02. The van der Waals surface area contributed by atoms with Crippen LogP contribution in [-0.4, -0.2) is 23.5 Å². The molecule has 18 heavy (non-hydrogen) atoms. The van der Waals surface area contributed by atoms with E-state index in [1.807, 2.05) is 18.2 Å². The number of benzene rings is 1. The van der Waals surface area contributed by atoms with Crippen LogP contribution in [0.15, 0.2) is 24.3 Å². The van der Waals surface area contributed by atoms with Gasteiger partial charge < -0.3 is 10.4 Å². The van der Waals surface area contributed by atoms with Gasteiger partial charge in [-0.15, -0.1) is 0 Å². The van der Waals surface area contributed by atoms with Crippen LogP contribution in [0, 0.1) is 0 Å². The van der Waals surface area contributed by atoms with Gasteiger partial charge >= 0.3 is 5.97 Å². The lowest BCUT2D eigenvalue weighted by molar-refractivity contribution is -0.140. The average molecular weight is 245 g/mol. The Kier molecular flexibility index (Phi) is 3.77. The molecule has 1 aromatic carbocycles. The van der Waals surface area contributed by atoms with Gasteiger partial charge in [-0.05, 0) is 29.5 Å². The van der Waals surface area contributed by atoms with Crippen molar-refractivity contribution in [3.05, 3.63) is 41.0 Å². The lowest BCUT2D eigenvalue weighted by atomic mass is 9.94. The van der Waals surface area contributed by atoms with E-state index in [-0.39, 0.29) is 0 Å². The first-order valence-corrected chi connectivity index (χ1v) is 5.91. The van der Waals surface area contributed by atoms with E-state index in [9.17, 15) is 9.59 Å². The molecular formula is C14H15NO3. The number of allylic oxidation sites excluding steroid dienone is 1. The zero-order valence-electron chi connectivity index (χ0n) is 9.93. The number of hydrogen-bond donors (Lipinski definition) is 2. The molecule has 0 unspecified atom stereocenters. The molecule has 4 nitrogen and oxygen atoms in total. The van der Waals surface area contributed by atoms with Gasteiger partial charge in [-0.1, -0.05) is 30.4 Å². The van der Waals surface area contributed by atoms with Crippen LogP contribution in [0.5, 0.6) is 0 Å². The Bertz CT molecular complexity index is 494. The van der Waals surface area contributed by atoms with Crippen molar-refractivity contribution < 1.29 is 14.7 Å². The molecule has 94 valence electrons. The molecule has 0 radical (unpaired) electrons. The Morgan fingerprint density at radius 3 is 3.06 bits per heavy atom. The second kappa shape index (κ2) is 5.49. The van der Waals surface area contributed by atoms with Crippen molar-refractivity contribution in [2.45, 2.75) is 25.3 Å². The van der Waals surface area contributed by atoms with Gasteiger partial charge in [0.2, 0.25) is 6.41 Å². The molecule has 1 aliphatic rings. The maximum atomic E-state index is 10.9. The third kappa shape index (κ3) is 2.77. The van der Waals surface area contributed by atoms with Crippen molar-refractivity contribution in [1.82, 2.24) is 5.32 Å². The maximum absolute atomic E-state index is 10.9. The number of aliphatic carboxylic acids is 1. The predicted octanol–water partition coefficient (Wildman–Crippen LogP) is 1.39. The zero-order valence-corrected chi connectivity index (χ0v) is 9.93. The Labute approximate surface area is 105 Å². The van der Waals surface area contributed by atoms with Crippen molar-refractivity contribution in [3.8, 4) is 0 Å². The van der Waals surface area contributed by atoms with Gasteiger partial charge in [0, 0.05) is 6.42 Å². The van der Waals surface area contributed by atoms with Crippen molar-refractivity contribution in [2.24, 2.45) is 0 Å². The molecule has 0 bridgehead atoms. The largest absolute Gasteiger partial charge is 0.480 e. The van der Waals surface area contributed by atoms with E-state index in [1.165, 1.54) is 5.56 Å². The zero-order chi connectivity index (χ0) is 13.0.